The van der Waals surface area contributed by atoms with Crippen LogP contribution in [-0.2, 0) is 27.3 Å². The fourth-order valence-corrected chi connectivity index (χ4v) is 4.55. The SMILES string of the molecule is Cc1ccc(CN2C(=O)OC(c3cccc(NC(=O)Cc4ccccc4)c3)C2C(=O)NCC2CC2)cc1. The number of cyclic esters (lactones) is 1. The van der Waals surface area contributed by atoms with Gasteiger partial charge in [0.05, 0.1) is 13.0 Å². The summed E-state index contributed by atoms with van der Waals surface area (Å²) in [5, 5.41) is 5.94. The molecule has 1 saturated heterocycles. The molecule has 3 aromatic carbocycles. The highest BCUT2D eigenvalue weighted by Gasteiger charge is 2.47. The van der Waals surface area contributed by atoms with Crippen molar-refractivity contribution in [3.05, 3.63) is 101 Å². The number of nitrogens with one attached hydrogen (secondary N) is 2. The van der Waals surface area contributed by atoms with Gasteiger partial charge in [-0.05, 0) is 54.5 Å². The van der Waals surface area contributed by atoms with Crippen molar-refractivity contribution in [1.82, 2.24) is 10.2 Å². The zero-order valence-corrected chi connectivity index (χ0v) is 20.9. The van der Waals surface area contributed by atoms with Crippen LogP contribution in [0.3, 0.4) is 0 Å². The normalized spacial score (nSPS) is 18.8. The molecule has 190 valence electrons. The van der Waals surface area contributed by atoms with E-state index in [0.29, 0.717) is 23.7 Å². The van der Waals surface area contributed by atoms with E-state index in [1.807, 2.05) is 67.6 Å². The lowest BCUT2D eigenvalue weighted by Gasteiger charge is -2.24. The monoisotopic (exact) mass is 497 g/mol. The Morgan fingerprint density at radius 2 is 1.70 bits per heavy atom. The standard InChI is InChI=1S/C30H31N3O4/c1-20-10-12-23(13-11-20)19-33-27(29(35)31-18-22-14-15-22)28(37-30(33)36)24-8-5-9-25(17-24)32-26(34)16-21-6-3-2-4-7-21/h2-13,17,22,27-28H,14-16,18-19H2,1H3,(H,31,35)(H,32,34). The van der Waals surface area contributed by atoms with Crippen LogP contribution in [0.4, 0.5) is 10.5 Å². The van der Waals surface area contributed by atoms with Crippen LogP contribution in [0.15, 0.2) is 78.9 Å². The predicted molar refractivity (Wildman–Crippen MR) is 141 cm³/mol. The maximum atomic E-state index is 13.4. The molecule has 0 bridgehead atoms. The minimum atomic E-state index is -0.817. The zero-order valence-electron chi connectivity index (χ0n) is 20.9. The van der Waals surface area contributed by atoms with Gasteiger partial charge in [-0.1, -0.05) is 72.3 Å². The fourth-order valence-electron chi connectivity index (χ4n) is 4.55. The Kier molecular flexibility index (Phi) is 7.21. The number of amides is 3. The molecule has 7 nitrogen and oxygen atoms in total. The maximum Gasteiger partial charge on any atom is 0.411 e. The lowest BCUT2D eigenvalue weighted by molar-refractivity contribution is -0.126. The molecule has 2 fully saturated rings. The van der Waals surface area contributed by atoms with E-state index in [9.17, 15) is 14.4 Å². The Morgan fingerprint density at radius 1 is 0.946 bits per heavy atom. The minimum Gasteiger partial charge on any atom is -0.438 e. The van der Waals surface area contributed by atoms with Crippen molar-refractivity contribution in [3.63, 3.8) is 0 Å². The third-order valence-corrected chi connectivity index (χ3v) is 6.80. The number of nitrogens with zero attached hydrogens (tertiary/aromatic N) is 1. The number of carbonyl (C=O) groups is 3. The van der Waals surface area contributed by atoms with Crippen molar-refractivity contribution in [3.8, 4) is 0 Å². The summed E-state index contributed by atoms with van der Waals surface area (Å²) in [6.07, 6.45) is 1.15. The fraction of sp³-hybridized carbons (Fsp3) is 0.300. The summed E-state index contributed by atoms with van der Waals surface area (Å²) < 4.78 is 5.78. The summed E-state index contributed by atoms with van der Waals surface area (Å²) in [6.45, 7) is 2.87. The van der Waals surface area contributed by atoms with Crippen molar-refractivity contribution in [2.45, 2.75) is 44.9 Å². The van der Waals surface area contributed by atoms with Crippen molar-refractivity contribution >= 4 is 23.6 Å². The number of anilines is 1. The number of hydrogen-bond donors (Lipinski definition) is 2. The van der Waals surface area contributed by atoms with E-state index in [2.05, 4.69) is 10.6 Å². The first kappa shape index (κ1) is 24.6. The van der Waals surface area contributed by atoms with Crippen molar-refractivity contribution in [2.24, 2.45) is 5.92 Å². The van der Waals surface area contributed by atoms with E-state index in [4.69, 9.17) is 4.74 Å². The van der Waals surface area contributed by atoms with Crippen LogP contribution >= 0.6 is 0 Å². The second-order valence-corrected chi connectivity index (χ2v) is 9.89. The summed E-state index contributed by atoms with van der Waals surface area (Å²) in [7, 11) is 0. The molecule has 2 N–H and O–H groups in total. The van der Waals surface area contributed by atoms with Gasteiger partial charge >= 0.3 is 6.09 Å². The molecule has 1 saturated carbocycles. The lowest BCUT2D eigenvalue weighted by Crippen LogP contribution is -2.46. The Morgan fingerprint density at radius 3 is 2.43 bits per heavy atom. The molecule has 3 amide bonds. The molecule has 2 atom stereocenters. The number of benzene rings is 3. The predicted octanol–water partition coefficient (Wildman–Crippen LogP) is 4.76. The second kappa shape index (κ2) is 10.9. The molecule has 1 aliphatic carbocycles. The number of ether oxygens (including phenoxy) is 1. The lowest BCUT2D eigenvalue weighted by atomic mass is 10.00. The van der Waals surface area contributed by atoms with Gasteiger partial charge in [-0.2, -0.15) is 0 Å². The van der Waals surface area contributed by atoms with Gasteiger partial charge in [0.25, 0.3) is 0 Å². The molecule has 1 heterocycles. The summed E-state index contributed by atoms with van der Waals surface area (Å²) in [5.74, 6) is 0.133. The van der Waals surface area contributed by atoms with Gasteiger partial charge in [0.15, 0.2) is 12.1 Å². The molecule has 37 heavy (non-hydrogen) atoms. The van der Waals surface area contributed by atoms with Gasteiger partial charge < -0.3 is 15.4 Å². The largest absolute Gasteiger partial charge is 0.438 e. The average Bonchev–Trinajstić information content (AvgIpc) is 3.67. The molecular formula is C30H31N3O4. The number of rotatable bonds is 9. The Hall–Kier alpha value is -4.13. The van der Waals surface area contributed by atoms with E-state index in [-0.39, 0.29) is 24.8 Å². The third-order valence-electron chi connectivity index (χ3n) is 6.80. The van der Waals surface area contributed by atoms with E-state index < -0.39 is 18.2 Å². The molecule has 2 unspecified atom stereocenters. The summed E-state index contributed by atoms with van der Waals surface area (Å²) in [5.41, 5.74) is 4.20. The van der Waals surface area contributed by atoms with Crippen LogP contribution in [0, 0.1) is 12.8 Å². The Balaban J connectivity index is 1.35. The smallest absolute Gasteiger partial charge is 0.411 e. The average molecular weight is 498 g/mol. The minimum absolute atomic E-state index is 0.147. The van der Waals surface area contributed by atoms with E-state index in [0.717, 1.165) is 29.5 Å². The van der Waals surface area contributed by atoms with Crippen LogP contribution < -0.4 is 10.6 Å². The van der Waals surface area contributed by atoms with Crippen molar-refractivity contribution in [1.29, 1.82) is 0 Å². The first-order valence-electron chi connectivity index (χ1n) is 12.7. The molecule has 7 heteroatoms. The second-order valence-electron chi connectivity index (χ2n) is 9.89. The van der Waals surface area contributed by atoms with Crippen LogP contribution in [0.1, 0.15) is 41.2 Å². The van der Waals surface area contributed by atoms with Crippen LogP contribution in [-0.4, -0.2) is 35.4 Å². The van der Waals surface area contributed by atoms with Crippen molar-refractivity contribution < 1.29 is 19.1 Å². The summed E-state index contributed by atoms with van der Waals surface area (Å²) >= 11 is 0. The third kappa shape index (κ3) is 6.17. The summed E-state index contributed by atoms with van der Waals surface area (Å²) in [4.78, 5) is 40.5. The molecule has 1 aliphatic heterocycles. The highest BCUT2D eigenvalue weighted by molar-refractivity contribution is 5.92. The van der Waals surface area contributed by atoms with Gasteiger partial charge in [-0.25, -0.2) is 4.79 Å². The quantitative estimate of drug-likeness (QED) is 0.446. The first-order chi connectivity index (χ1) is 18.0. The zero-order chi connectivity index (χ0) is 25.8. The molecule has 5 rings (SSSR count). The Bertz CT molecular complexity index is 1270. The molecule has 0 aromatic heterocycles. The molecule has 0 spiro atoms. The highest BCUT2D eigenvalue weighted by Crippen LogP contribution is 2.35. The Labute approximate surface area is 216 Å². The molecular weight excluding hydrogens is 466 g/mol. The van der Waals surface area contributed by atoms with E-state index in [1.165, 1.54) is 4.90 Å². The van der Waals surface area contributed by atoms with Gasteiger partial charge in [0.1, 0.15) is 0 Å². The van der Waals surface area contributed by atoms with Crippen LogP contribution in [0.5, 0.6) is 0 Å². The van der Waals surface area contributed by atoms with E-state index in [1.54, 1.807) is 18.2 Å². The maximum absolute atomic E-state index is 13.4. The van der Waals surface area contributed by atoms with Gasteiger partial charge in [0, 0.05) is 12.2 Å². The molecule has 0 radical (unpaired) electrons. The highest BCUT2D eigenvalue weighted by atomic mass is 16.6. The number of hydrogen-bond acceptors (Lipinski definition) is 4. The topological polar surface area (TPSA) is 87.7 Å². The first-order valence-corrected chi connectivity index (χ1v) is 12.7. The summed E-state index contributed by atoms with van der Waals surface area (Å²) in [6, 6.07) is 23.8. The number of carbonyl (C=O) groups excluding carboxylic acids is 3. The van der Waals surface area contributed by atoms with Crippen LogP contribution in [0.2, 0.25) is 0 Å². The number of aryl methyl sites for hydroxylation is 1. The van der Waals surface area contributed by atoms with Crippen LogP contribution in [0.25, 0.3) is 0 Å². The van der Waals surface area contributed by atoms with Gasteiger partial charge in [0.2, 0.25) is 11.8 Å². The van der Waals surface area contributed by atoms with E-state index >= 15 is 0 Å². The van der Waals surface area contributed by atoms with Gasteiger partial charge in [-0.15, -0.1) is 0 Å². The van der Waals surface area contributed by atoms with Crippen molar-refractivity contribution in [2.75, 3.05) is 11.9 Å². The molecule has 3 aromatic rings. The van der Waals surface area contributed by atoms with Gasteiger partial charge in [-0.3, -0.25) is 14.5 Å². The molecule has 2 aliphatic rings.